The van der Waals surface area contributed by atoms with Gasteiger partial charge in [-0.25, -0.2) is 0 Å². The Morgan fingerprint density at radius 3 is 2.78 bits per heavy atom. The standard InChI is InChI=1S/C25H28N4O2S/c1-16(2)31-23-8-6-18(13-20(23)14-26)24-27-28-25(32-24)22-7-5-19-15-29(10-4-12-30)11-9-21(19)17(22)3/h5-8,13,16,30H,4,9-12,15H2,1-3H3. The SMILES string of the molecule is Cc1c(-c2nnc(-c3ccc(OC(C)C)c(C#N)c3)s2)ccc2c1CCN(CCCO)C2. The van der Waals surface area contributed by atoms with Crippen molar-refractivity contribution in [2.24, 2.45) is 0 Å². The van der Waals surface area contributed by atoms with Gasteiger partial charge in [0.1, 0.15) is 21.8 Å². The summed E-state index contributed by atoms with van der Waals surface area (Å²) in [7, 11) is 0. The zero-order chi connectivity index (χ0) is 22.7. The van der Waals surface area contributed by atoms with Crippen LogP contribution in [0.15, 0.2) is 30.3 Å². The molecule has 1 aromatic heterocycles. The van der Waals surface area contributed by atoms with Crippen LogP contribution in [-0.2, 0) is 13.0 Å². The van der Waals surface area contributed by atoms with Gasteiger partial charge in [-0.05, 0) is 68.5 Å². The Kier molecular flexibility index (Phi) is 6.85. The number of rotatable bonds is 7. The van der Waals surface area contributed by atoms with Crippen LogP contribution in [0.1, 0.15) is 42.5 Å². The van der Waals surface area contributed by atoms with Gasteiger partial charge in [0, 0.05) is 37.4 Å². The number of aromatic nitrogens is 2. The van der Waals surface area contributed by atoms with Crippen LogP contribution >= 0.6 is 11.3 Å². The van der Waals surface area contributed by atoms with Gasteiger partial charge < -0.3 is 9.84 Å². The summed E-state index contributed by atoms with van der Waals surface area (Å²) in [6.45, 7) is 9.18. The number of fused-ring (bicyclic) bond motifs is 1. The molecule has 3 aromatic rings. The largest absolute Gasteiger partial charge is 0.490 e. The van der Waals surface area contributed by atoms with Crippen LogP contribution in [0.25, 0.3) is 21.1 Å². The lowest BCUT2D eigenvalue weighted by Crippen LogP contribution is -2.32. The monoisotopic (exact) mass is 448 g/mol. The van der Waals surface area contributed by atoms with Crippen LogP contribution in [0.4, 0.5) is 0 Å². The second-order valence-electron chi connectivity index (χ2n) is 8.38. The fraction of sp³-hybridized carbons (Fsp3) is 0.400. The number of nitriles is 1. The Morgan fingerprint density at radius 2 is 2.03 bits per heavy atom. The molecule has 7 heteroatoms. The Hall–Kier alpha value is -2.79. The van der Waals surface area contributed by atoms with Crippen molar-refractivity contribution < 1.29 is 9.84 Å². The molecule has 1 aliphatic rings. The van der Waals surface area contributed by atoms with Crippen LogP contribution in [0.2, 0.25) is 0 Å². The van der Waals surface area contributed by atoms with Crippen molar-refractivity contribution >= 4 is 11.3 Å². The highest BCUT2D eigenvalue weighted by atomic mass is 32.1. The van der Waals surface area contributed by atoms with Crippen molar-refractivity contribution in [3.05, 3.63) is 52.6 Å². The Bertz CT molecular complexity index is 1150. The molecule has 0 fully saturated rings. The van der Waals surface area contributed by atoms with E-state index < -0.39 is 0 Å². The first-order chi connectivity index (χ1) is 15.5. The molecule has 0 bridgehead atoms. The predicted molar refractivity (Wildman–Crippen MR) is 127 cm³/mol. The molecule has 1 N–H and O–H groups in total. The summed E-state index contributed by atoms with van der Waals surface area (Å²) in [6.07, 6.45) is 1.84. The van der Waals surface area contributed by atoms with E-state index in [1.807, 2.05) is 32.0 Å². The van der Waals surface area contributed by atoms with Crippen molar-refractivity contribution in [3.63, 3.8) is 0 Å². The molecule has 0 unspecified atom stereocenters. The summed E-state index contributed by atoms with van der Waals surface area (Å²) in [4.78, 5) is 2.40. The molecule has 32 heavy (non-hydrogen) atoms. The van der Waals surface area contributed by atoms with Crippen LogP contribution < -0.4 is 4.74 Å². The van der Waals surface area contributed by atoms with Gasteiger partial charge in [-0.3, -0.25) is 4.90 Å². The van der Waals surface area contributed by atoms with Crippen LogP contribution in [0.3, 0.4) is 0 Å². The van der Waals surface area contributed by atoms with E-state index in [0.717, 1.165) is 53.6 Å². The molecular formula is C25H28N4O2S. The van der Waals surface area contributed by atoms with Crippen LogP contribution in [-0.4, -0.2) is 46.0 Å². The number of benzene rings is 2. The third-order valence-corrected chi connectivity index (χ3v) is 6.77. The number of ether oxygens (including phenoxy) is 1. The molecular weight excluding hydrogens is 420 g/mol. The highest BCUT2D eigenvalue weighted by Gasteiger charge is 2.21. The lowest BCUT2D eigenvalue weighted by atomic mass is 9.92. The number of aliphatic hydroxyl groups excluding tert-OH is 1. The summed E-state index contributed by atoms with van der Waals surface area (Å²) in [6, 6.07) is 12.2. The van der Waals surface area contributed by atoms with Crippen LogP contribution in [0, 0.1) is 18.3 Å². The van der Waals surface area contributed by atoms with Gasteiger partial charge in [0.25, 0.3) is 0 Å². The van der Waals surface area contributed by atoms with E-state index in [9.17, 15) is 5.26 Å². The second kappa shape index (κ2) is 9.78. The minimum Gasteiger partial charge on any atom is -0.490 e. The topological polar surface area (TPSA) is 82.3 Å². The molecule has 1 aliphatic heterocycles. The van der Waals surface area contributed by atoms with Crippen molar-refractivity contribution in [2.75, 3.05) is 19.7 Å². The summed E-state index contributed by atoms with van der Waals surface area (Å²) in [5.74, 6) is 0.592. The predicted octanol–water partition coefficient (Wildman–Crippen LogP) is 4.58. The average Bonchev–Trinajstić information content (AvgIpc) is 3.27. The van der Waals surface area contributed by atoms with E-state index in [-0.39, 0.29) is 12.7 Å². The summed E-state index contributed by atoms with van der Waals surface area (Å²) >= 11 is 1.54. The fourth-order valence-corrected chi connectivity index (χ4v) is 5.09. The summed E-state index contributed by atoms with van der Waals surface area (Å²) in [5, 5.41) is 29.2. The Balaban J connectivity index is 1.59. The molecule has 0 spiro atoms. The van der Waals surface area contributed by atoms with Gasteiger partial charge in [0.2, 0.25) is 0 Å². The van der Waals surface area contributed by atoms with Gasteiger partial charge in [-0.15, -0.1) is 10.2 Å². The summed E-state index contributed by atoms with van der Waals surface area (Å²) in [5.41, 5.74) is 6.53. The van der Waals surface area contributed by atoms with Gasteiger partial charge in [0.05, 0.1) is 11.7 Å². The van der Waals surface area contributed by atoms with Gasteiger partial charge >= 0.3 is 0 Å². The molecule has 0 amide bonds. The van der Waals surface area contributed by atoms with Gasteiger partial charge in [-0.2, -0.15) is 5.26 Å². The molecule has 166 valence electrons. The smallest absolute Gasteiger partial charge is 0.148 e. The maximum atomic E-state index is 9.52. The van der Waals surface area contributed by atoms with E-state index in [1.165, 1.54) is 16.7 Å². The fourth-order valence-electron chi connectivity index (χ4n) is 4.17. The lowest BCUT2D eigenvalue weighted by molar-refractivity contribution is 0.212. The average molecular weight is 449 g/mol. The molecule has 0 atom stereocenters. The number of hydrogen-bond donors (Lipinski definition) is 1. The number of hydrogen-bond acceptors (Lipinski definition) is 7. The molecule has 6 nitrogen and oxygen atoms in total. The van der Waals surface area contributed by atoms with Crippen molar-refractivity contribution in [1.82, 2.24) is 15.1 Å². The van der Waals surface area contributed by atoms with Crippen LogP contribution in [0.5, 0.6) is 5.75 Å². The first-order valence-corrected chi connectivity index (χ1v) is 11.8. The first kappa shape index (κ1) is 22.4. The lowest BCUT2D eigenvalue weighted by Gasteiger charge is -2.30. The number of aliphatic hydroxyl groups is 1. The maximum Gasteiger partial charge on any atom is 0.148 e. The molecule has 0 saturated carbocycles. The third kappa shape index (κ3) is 4.68. The molecule has 2 heterocycles. The second-order valence-corrected chi connectivity index (χ2v) is 9.36. The third-order valence-electron chi connectivity index (χ3n) is 5.76. The van der Waals surface area contributed by atoms with E-state index in [2.05, 4.69) is 40.2 Å². The van der Waals surface area contributed by atoms with Gasteiger partial charge in [-0.1, -0.05) is 23.5 Å². The normalized spacial score (nSPS) is 13.8. The zero-order valence-electron chi connectivity index (χ0n) is 18.8. The minimum absolute atomic E-state index is 0.00910. The van der Waals surface area contributed by atoms with Crippen molar-refractivity contribution in [3.8, 4) is 33.0 Å². The first-order valence-electron chi connectivity index (χ1n) is 11.0. The van der Waals surface area contributed by atoms with E-state index in [0.29, 0.717) is 11.3 Å². The molecule has 0 aliphatic carbocycles. The Morgan fingerprint density at radius 1 is 1.22 bits per heavy atom. The van der Waals surface area contributed by atoms with E-state index in [1.54, 1.807) is 11.3 Å². The molecule has 2 aromatic carbocycles. The minimum atomic E-state index is 0.00910. The Labute approximate surface area is 193 Å². The van der Waals surface area contributed by atoms with Gasteiger partial charge in [0.15, 0.2) is 0 Å². The van der Waals surface area contributed by atoms with E-state index in [4.69, 9.17) is 9.84 Å². The van der Waals surface area contributed by atoms with E-state index >= 15 is 0 Å². The summed E-state index contributed by atoms with van der Waals surface area (Å²) < 4.78 is 5.73. The zero-order valence-corrected chi connectivity index (χ0v) is 19.6. The molecule has 0 saturated heterocycles. The highest BCUT2D eigenvalue weighted by molar-refractivity contribution is 7.17. The van der Waals surface area contributed by atoms with Crippen molar-refractivity contribution in [1.29, 1.82) is 5.26 Å². The maximum absolute atomic E-state index is 9.52. The quantitative estimate of drug-likeness (QED) is 0.570. The highest BCUT2D eigenvalue weighted by Crippen LogP contribution is 2.36. The van der Waals surface area contributed by atoms with Crippen molar-refractivity contribution in [2.45, 2.75) is 46.3 Å². The molecule has 4 rings (SSSR count). The number of nitrogens with zero attached hydrogens (tertiary/aromatic N) is 4. The molecule has 0 radical (unpaired) electrons.